The maximum absolute atomic E-state index is 13.9. The van der Waals surface area contributed by atoms with E-state index in [1.54, 1.807) is 0 Å². The van der Waals surface area contributed by atoms with Gasteiger partial charge < -0.3 is 4.57 Å². The average Bonchev–Trinajstić information content (AvgIpc) is 3.26. The van der Waals surface area contributed by atoms with Crippen LogP contribution in [0.15, 0.2) is 33.6 Å². The summed E-state index contributed by atoms with van der Waals surface area (Å²) in [7, 11) is -4.09. The lowest BCUT2D eigenvalue weighted by molar-refractivity contribution is 0.558. The number of hydrogen-bond donors (Lipinski definition) is 0. The van der Waals surface area contributed by atoms with E-state index in [2.05, 4.69) is 25.2 Å². The number of nitrogens with zero attached hydrogens (tertiary/aromatic N) is 2. The SMILES string of the molecule is Cc1c(C(C)(C)C)sc(=NS(=O)(=O)c2ccccc2F)n1CC1CC1. The first-order valence-electron chi connectivity index (χ1n) is 8.36. The molecule has 25 heavy (non-hydrogen) atoms. The second-order valence-corrected chi connectivity index (χ2v) is 10.1. The lowest BCUT2D eigenvalue weighted by atomic mass is 9.93. The van der Waals surface area contributed by atoms with Crippen molar-refractivity contribution in [1.29, 1.82) is 0 Å². The minimum atomic E-state index is -4.09. The molecule has 0 atom stereocenters. The molecule has 0 radical (unpaired) electrons. The van der Waals surface area contributed by atoms with Crippen molar-refractivity contribution in [3.8, 4) is 0 Å². The van der Waals surface area contributed by atoms with Crippen molar-refractivity contribution < 1.29 is 12.8 Å². The Morgan fingerprint density at radius 2 is 1.92 bits per heavy atom. The third-order valence-electron chi connectivity index (χ3n) is 4.29. The van der Waals surface area contributed by atoms with Gasteiger partial charge in [-0.2, -0.15) is 8.42 Å². The van der Waals surface area contributed by atoms with Gasteiger partial charge in [0.1, 0.15) is 10.7 Å². The van der Waals surface area contributed by atoms with Gasteiger partial charge in [-0.05, 0) is 43.2 Å². The van der Waals surface area contributed by atoms with Gasteiger partial charge >= 0.3 is 0 Å². The summed E-state index contributed by atoms with van der Waals surface area (Å²) in [6, 6.07) is 5.37. The van der Waals surface area contributed by atoms with Gasteiger partial charge in [0, 0.05) is 17.1 Å². The maximum atomic E-state index is 13.9. The van der Waals surface area contributed by atoms with E-state index in [1.807, 2.05) is 11.5 Å². The molecule has 3 rings (SSSR count). The second kappa shape index (κ2) is 6.36. The van der Waals surface area contributed by atoms with E-state index in [0.29, 0.717) is 10.7 Å². The predicted octanol–water partition coefficient (Wildman–Crippen LogP) is 3.99. The summed E-state index contributed by atoms with van der Waals surface area (Å²) >= 11 is 1.38. The number of sulfonamides is 1. The molecule has 0 saturated heterocycles. The Morgan fingerprint density at radius 1 is 1.28 bits per heavy atom. The van der Waals surface area contributed by atoms with Gasteiger partial charge in [0.25, 0.3) is 10.0 Å². The molecule has 0 spiro atoms. The molecule has 0 amide bonds. The van der Waals surface area contributed by atoms with Gasteiger partial charge in [0.15, 0.2) is 0 Å². The highest BCUT2D eigenvalue weighted by Crippen LogP contribution is 2.33. The summed E-state index contributed by atoms with van der Waals surface area (Å²) in [5, 5.41) is 0. The molecule has 2 aromatic rings. The summed E-state index contributed by atoms with van der Waals surface area (Å²) in [4.78, 5) is 1.16. The molecule has 1 saturated carbocycles. The first kappa shape index (κ1) is 18.3. The molecule has 136 valence electrons. The third-order valence-corrected chi connectivity index (χ3v) is 7.31. The Kier molecular flexibility index (Phi) is 4.66. The first-order chi connectivity index (χ1) is 11.6. The molecule has 1 heterocycles. The number of halogens is 1. The van der Waals surface area contributed by atoms with Crippen LogP contribution >= 0.6 is 11.3 Å². The van der Waals surface area contributed by atoms with Crippen LogP contribution in [-0.4, -0.2) is 13.0 Å². The number of rotatable bonds is 4. The Balaban J connectivity index is 2.18. The van der Waals surface area contributed by atoms with Crippen molar-refractivity contribution in [2.45, 2.75) is 57.4 Å². The van der Waals surface area contributed by atoms with Crippen LogP contribution in [0, 0.1) is 18.7 Å². The minimum absolute atomic E-state index is 0.102. The molecule has 1 aromatic carbocycles. The highest BCUT2D eigenvalue weighted by atomic mass is 32.2. The van der Waals surface area contributed by atoms with Gasteiger partial charge in [-0.1, -0.05) is 32.9 Å². The Bertz CT molecular complexity index is 962. The number of hydrogen-bond acceptors (Lipinski definition) is 3. The van der Waals surface area contributed by atoms with Crippen LogP contribution < -0.4 is 4.80 Å². The Labute approximate surface area is 152 Å². The Morgan fingerprint density at radius 3 is 2.48 bits per heavy atom. The molecule has 0 N–H and O–H groups in total. The highest BCUT2D eigenvalue weighted by Gasteiger charge is 2.28. The summed E-state index contributed by atoms with van der Waals surface area (Å²) in [5.41, 5.74) is 0.946. The molecule has 0 bridgehead atoms. The number of thiazole rings is 1. The van der Waals surface area contributed by atoms with Gasteiger partial charge in [-0.3, -0.25) is 0 Å². The summed E-state index contributed by atoms with van der Waals surface area (Å²) in [5.74, 6) is -0.194. The van der Waals surface area contributed by atoms with E-state index < -0.39 is 15.8 Å². The molecule has 4 nitrogen and oxygen atoms in total. The van der Waals surface area contributed by atoms with Crippen molar-refractivity contribution in [3.05, 3.63) is 45.5 Å². The van der Waals surface area contributed by atoms with Crippen molar-refractivity contribution in [2.24, 2.45) is 10.3 Å². The fourth-order valence-electron chi connectivity index (χ4n) is 2.83. The summed E-state index contributed by atoms with van der Waals surface area (Å²) < 4.78 is 45.2. The molecule has 1 fully saturated rings. The maximum Gasteiger partial charge on any atom is 0.287 e. The fraction of sp³-hybridized carbons (Fsp3) is 0.500. The largest absolute Gasteiger partial charge is 0.320 e. The standard InChI is InChI=1S/C18H23FN2O2S2/c1-12-16(18(2,3)4)24-17(21(12)11-13-9-10-13)20-25(22,23)15-8-6-5-7-14(15)19/h5-8,13H,9-11H2,1-4H3. The lowest BCUT2D eigenvalue weighted by Crippen LogP contribution is -2.20. The second-order valence-electron chi connectivity index (χ2n) is 7.60. The van der Waals surface area contributed by atoms with E-state index >= 15 is 0 Å². The third kappa shape index (κ3) is 3.87. The fourth-order valence-corrected chi connectivity index (χ4v) is 5.31. The summed E-state index contributed by atoms with van der Waals surface area (Å²) in [6.45, 7) is 9.07. The molecule has 0 unspecified atom stereocenters. The van der Waals surface area contributed by atoms with Crippen molar-refractivity contribution in [3.63, 3.8) is 0 Å². The first-order valence-corrected chi connectivity index (χ1v) is 10.6. The molecular formula is C18H23FN2O2S2. The molecule has 1 aromatic heterocycles. The van der Waals surface area contributed by atoms with Crippen LogP contribution in [0.2, 0.25) is 0 Å². The monoisotopic (exact) mass is 382 g/mol. The van der Waals surface area contributed by atoms with Crippen molar-refractivity contribution >= 4 is 21.4 Å². The zero-order chi connectivity index (χ0) is 18.4. The van der Waals surface area contributed by atoms with Crippen molar-refractivity contribution in [2.75, 3.05) is 0 Å². The number of aromatic nitrogens is 1. The molecular weight excluding hydrogens is 359 g/mol. The average molecular weight is 383 g/mol. The topological polar surface area (TPSA) is 51.4 Å². The highest BCUT2D eigenvalue weighted by molar-refractivity contribution is 7.90. The van der Waals surface area contributed by atoms with Crippen LogP contribution in [-0.2, 0) is 22.0 Å². The van der Waals surface area contributed by atoms with E-state index in [1.165, 1.54) is 29.5 Å². The molecule has 1 aliphatic carbocycles. The van der Waals surface area contributed by atoms with E-state index in [-0.39, 0.29) is 10.3 Å². The number of benzene rings is 1. The van der Waals surface area contributed by atoms with E-state index in [0.717, 1.165) is 36.0 Å². The minimum Gasteiger partial charge on any atom is -0.320 e. The van der Waals surface area contributed by atoms with Crippen LogP contribution in [0.1, 0.15) is 44.2 Å². The van der Waals surface area contributed by atoms with Crippen LogP contribution in [0.5, 0.6) is 0 Å². The zero-order valence-electron chi connectivity index (χ0n) is 14.9. The van der Waals surface area contributed by atoms with Gasteiger partial charge in [0.05, 0.1) is 0 Å². The lowest BCUT2D eigenvalue weighted by Gasteiger charge is -2.17. The predicted molar refractivity (Wildman–Crippen MR) is 97.6 cm³/mol. The molecule has 1 aliphatic rings. The van der Waals surface area contributed by atoms with Crippen LogP contribution in [0.3, 0.4) is 0 Å². The quantitative estimate of drug-likeness (QED) is 0.803. The van der Waals surface area contributed by atoms with Crippen LogP contribution in [0.4, 0.5) is 4.39 Å². The van der Waals surface area contributed by atoms with E-state index in [4.69, 9.17) is 0 Å². The summed E-state index contributed by atoms with van der Waals surface area (Å²) in [6.07, 6.45) is 2.32. The van der Waals surface area contributed by atoms with Gasteiger partial charge in [0.2, 0.25) is 4.80 Å². The zero-order valence-corrected chi connectivity index (χ0v) is 16.5. The molecule has 7 heteroatoms. The Hall–Kier alpha value is -1.47. The van der Waals surface area contributed by atoms with Crippen LogP contribution in [0.25, 0.3) is 0 Å². The van der Waals surface area contributed by atoms with E-state index in [9.17, 15) is 12.8 Å². The van der Waals surface area contributed by atoms with Gasteiger partial charge in [-0.15, -0.1) is 15.7 Å². The smallest absolute Gasteiger partial charge is 0.287 e. The normalized spacial score (nSPS) is 16.4. The van der Waals surface area contributed by atoms with Gasteiger partial charge in [-0.25, -0.2) is 4.39 Å². The molecule has 0 aliphatic heterocycles. The van der Waals surface area contributed by atoms with Crippen molar-refractivity contribution in [1.82, 2.24) is 4.57 Å².